The van der Waals surface area contributed by atoms with Gasteiger partial charge < -0.3 is 4.90 Å². The molecule has 1 aromatic rings. The van der Waals surface area contributed by atoms with Crippen molar-refractivity contribution in [3.8, 4) is 0 Å². The van der Waals surface area contributed by atoms with Crippen LogP contribution in [-0.4, -0.2) is 23.9 Å². The van der Waals surface area contributed by atoms with Gasteiger partial charge in [-0.1, -0.05) is 29.8 Å². The number of likely N-dealkylation sites (N-methyl/N-ethyl adjacent to an activating group) is 1. The van der Waals surface area contributed by atoms with Gasteiger partial charge in [-0.05, 0) is 44.2 Å². The standard InChI is InChI=1S/C16H21NO/c1-12-5-4-6-14(11-12)7-10-16(18)17(3)13(2)15-8-9-15/h4-7,10-11,13,15H,8-9H2,1-3H3/b10-7+. The summed E-state index contributed by atoms with van der Waals surface area (Å²) in [4.78, 5) is 13.9. The summed E-state index contributed by atoms with van der Waals surface area (Å²) >= 11 is 0. The van der Waals surface area contributed by atoms with Crippen molar-refractivity contribution in [2.75, 3.05) is 7.05 Å². The maximum Gasteiger partial charge on any atom is 0.246 e. The Morgan fingerprint density at radius 1 is 1.44 bits per heavy atom. The van der Waals surface area contributed by atoms with Crippen molar-refractivity contribution in [2.24, 2.45) is 5.92 Å². The van der Waals surface area contributed by atoms with Gasteiger partial charge in [0, 0.05) is 19.2 Å². The van der Waals surface area contributed by atoms with Gasteiger partial charge in [-0.3, -0.25) is 4.79 Å². The van der Waals surface area contributed by atoms with Crippen molar-refractivity contribution in [1.82, 2.24) is 4.90 Å². The Labute approximate surface area is 109 Å². The molecule has 0 radical (unpaired) electrons. The summed E-state index contributed by atoms with van der Waals surface area (Å²) in [6, 6.07) is 8.52. The molecule has 1 atom stereocenters. The molecule has 1 aliphatic rings. The van der Waals surface area contributed by atoms with Crippen LogP contribution in [0.2, 0.25) is 0 Å². The SMILES string of the molecule is Cc1cccc(/C=C/C(=O)N(C)C(C)C2CC2)c1. The number of amides is 1. The van der Waals surface area contributed by atoms with Gasteiger partial charge in [0.1, 0.15) is 0 Å². The van der Waals surface area contributed by atoms with Gasteiger partial charge in [-0.15, -0.1) is 0 Å². The molecule has 0 spiro atoms. The fraction of sp³-hybridized carbons (Fsp3) is 0.438. The molecule has 2 nitrogen and oxygen atoms in total. The zero-order valence-electron chi connectivity index (χ0n) is 11.4. The molecule has 1 saturated carbocycles. The van der Waals surface area contributed by atoms with Crippen LogP contribution in [0.3, 0.4) is 0 Å². The van der Waals surface area contributed by atoms with E-state index in [0.29, 0.717) is 12.0 Å². The molecule has 1 aliphatic carbocycles. The monoisotopic (exact) mass is 243 g/mol. The first-order valence-electron chi connectivity index (χ1n) is 6.59. The molecule has 18 heavy (non-hydrogen) atoms. The van der Waals surface area contributed by atoms with E-state index in [1.807, 2.05) is 30.2 Å². The third-order valence-electron chi connectivity index (χ3n) is 3.72. The average Bonchev–Trinajstić information content (AvgIpc) is 3.18. The molecule has 1 aromatic carbocycles. The van der Waals surface area contributed by atoms with Gasteiger partial charge in [0.15, 0.2) is 0 Å². The first-order valence-corrected chi connectivity index (χ1v) is 6.59. The van der Waals surface area contributed by atoms with Crippen LogP contribution in [0, 0.1) is 12.8 Å². The molecule has 0 N–H and O–H groups in total. The van der Waals surface area contributed by atoms with Crippen LogP contribution in [0.5, 0.6) is 0 Å². The molecule has 0 aliphatic heterocycles. The van der Waals surface area contributed by atoms with E-state index in [2.05, 4.69) is 26.0 Å². The first kappa shape index (κ1) is 12.9. The molecule has 2 rings (SSSR count). The molecule has 1 fully saturated rings. The van der Waals surface area contributed by atoms with Crippen LogP contribution >= 0.6 is 0 Å². The molecular formula is C16H21NO. The largest absolute Gasteiger partial charge is 0.339 e. The fourth-order valence-electron chi connectivity index (χ4n) is 2.15. The molecule has 0 saturated heterocycles. The summed E-state index contributed by atoms with van der Waals surface area (Å²) in [5.74, 6) is 0.808. The van der Waals surface area contributed by atoms with Crippen LogP contribution < -0.4 is 0 Å². The van der Waals surface area contributed by atoms with Gasteiger partial charge in [0.2, 0.25) is 5.91 Å². The van der Waals surface area contributed by atoms with Crippen molar-refractivity contribution in [3.05, 3.63) is 41.5 Å². The van der Waals surface area contributed by atoms with E-state index in [0.717, 1.165) is 5.56 Å². The van der Waals surface area contributed by atoms with Crippen LogP contribution in [0.4, 0.5) is 0 Å². The second-order valence-electron chi connectivity index (χ2n) is 5.27. The van der Waals surface area contributed by atoms with Gasteiger partial charge >= 0.3 is 0 Å². The van der Waals surface area contributed by atoms with E-state index in [4.69, 9.17) is 0 Å². The van der Waals surface area contributed by atoms with E-state index in [9.17, 15) is 4.79 Å². The number of carbonyl (C=O) groups is 1. The Morgan fingerprint density at radius 3 is 2.78 bits per heavy atom. The molecule has 2 heteroatoms. The minimum absolute atomic E-state index is 0.0934. The highest BCUT2D eigenvalue weighted by Crippen LogP contribution is 2.34. The zero-order chi connectivity index (χ0) is 13.1. The molecule has 0 bridgehead atoms. The predicted octanol–water partition coefficient (Wildman–Crippen LogP) is 3.27. The topological polar surface area (TPSA) is 20.3 Å². The number of hydrogen-bond donors (Lipinski definition) is 0. The van der Waals surface area contributed by atoms with Gasteiger partial charge in [0.25, 0.3) is 0 Å². The maximum atomic E-state index is 12.0. The normalized spacial score (nSPS) is 16.8. The highest BCUT2D eigenvalue weighted by Gasteiger charge is 2.31. The lowest BCUT2D eigenvalue weighted by atomic mass is 10.1. The Balaban J connectivity index is 1.97. The zero-order valence-corrected chi connectivity index (χ0v) is 11.4. The molecule has 1 amide bonds. The van der Waals surface area contributed by atoms with Crippen LogP contribution in [0.15, 0.2) is 30.3 Å². The number of nitrogens with zero attached hydrogens (tertiary/aromatic N) is 1. The van der Waals surface area contributed by atoms with E-state index in [-0.39, 0.29) is 5.91 Å². The van der Waals surface area contributed by atoms with Gasteiger partial charge in [0.05, 0.1) is 0 Å². The number of carbonyl (C=O) groups excluding carboxylic acids is 1. The van der Waals surface area contributed by atoms with E-state index in [1.54, 1.807) is 6.08 Å². The number of hydrogen-bond acceptors (Lipinski definition) is 1. The average molecular weight is 243 g/mol. The Morgan fingerprint density at radius 2 is 2.17 bits per heavy atom. The molecule has 0 aromatic heterocycles. The van der Waals surface area contributed by atoms with E-state index >= 15 is 0 Å². The quantitative estimate of drug-likeness (QED) is 0.743. The summed E-state index contributed by atoms with van der Waals surface area (Å²) in [6.07, 6.45) is 6.10. The Bertz CT molecular complexity index is 460. The van der Waals surface area contributed by atoms with Gasteiger partial charge in [-0.2, -0.15) is 0 Å². The Hall–Kier alpha value is -1.57. The van der Waals surface area contributed by atoms with Crippen molar-refractivity contribution in [3.63, 3.8) is 0 Å². The Kier molecular flexibility index (Phi) is 3.85. The highest BCUT2D eigenvalue weighted by atomic mass is 16.2. The second kappa shape index (κ2) is 5.38. The minimum Gasteiger partial charge on any atom is -0.339 e. The third kappa shape index (κ3) is 3.22. The molecule has 1 unspecified atom stereocenters. The number of aryl methyl sites for hydroxylation is 1. The minimum atomic E-state index is 0.0934. The smallest absolute Gasteiger partial charge is 0.246 e. The lowest BCUT2D eigenvalue weighted by Crippen LogP contribution is -2.35. The van der Waals surface area contributed by atoms with Crippen LogP contribution in [0.25, 0.3) is 6.08 Å². The number of benzene rings is 1. The summed E-state index contributed by atoms with van der Waals surface area (Å²) < 4.78 is 0. The summed E-state index contributed by atoms with van der Waals surface area (Å²) in [7, 11) is 1.89. The van der Waals surface area contributed by atoms with E-state index in [1.165, 1.54) is 18.4 Å². The molecule has 96 valence electrons. The predicted molar refractivity (Wildman–Crippen MR) is 75.2 cm³/mol. The highest BCUT2D eigenvalue weighted by molar-refractivity contribution is 5.91. The maximum absolute atomic E-state index is 12.0. The van der Waals surface area contributed by atoms with Crippen LogP contribution in [0.1, 0.15) is 30.9 Å². The molecule has 0 heterocycles. The van der Waals surface area contributed by atoms with Gasteiger partial charge in [-0.25, -0.2) is 0 Å². The summed E-state index contributed by atoms with van der Waals surface area (Å²) in [6.45, 7) is 4.19. The third-order valence-corrected chi connectivity index (χ3v) is 3.72. The fourth-order valence-corrected chi connectivity index (χ4v) is 2.15. The second-order valence-corrected chi connectivity index (χ2v) is 5.27. The van der Waals surface area contributed by atoms with Crippen LogP contribution in [-0.2, 0) is 4.79 Å². The summed E-state index contributed by atoms with van der Waals surface area (Å²) in [5.41, 5.74) is 2.29. The number of rotatable bonds is 4. The van der Waals surface area contributed by atoms with Crippen molar-refractivity contribution in [1.29, 1.82) is 0 Å². The first-order chi connectivity index (χ1) is 8.58. The van der Waals surface area contributed by atoms with E-state index < -0.39 is 0 Å². The van der Waals surface area contributed by atoms with Crippen molar-refractivity contribution in [2.45, 2.75) is 32.7 Å². The molecular weight excluding hydrogens is 222 g/mol. The lowest BCUT2D eigenvalue weighted by Gasteiger charge is -2.23. The van der Waals surface area contributed by atoms with Crippen molar-refractivity contribution < 1.29 is 4.79 Å². The summed E-state index contributed by atoms with van der Waals surface area (Å²) in [5, 5.41) is 0. The van der Waals surface area contributed by atoms with Crippen molar-refractivity contribution >= 4 is 12.0 Å². The lowest BCUT2D eigenvalue weighted by molar-refractivity contribution is -0.126.